The van der Waals surface area contributed by atoms with E-state index in [2.05, 4.69) is 10.4 Å². The molecule has 0 radical (unpaired) electrons. The number of rotatable bonds is 6. The molecule has 0 bridgehead atoms. The Kier molecular flexibility index (Phi) is 6.41. The number of ether oxygens (including phenoxy) is 1. The van der Waals surface area contributed by atoms with Crippen LogP contribution in [0.1, 0.15) is 27.8 Å². The van der Waals surface area contributed by atoms with E-state index in [1.807, 2.05) is 30.3 Å². The third-order valence-electron chi connectivity index (χ3n) is 4.70. The first-order chi connectivity index (χ1) is 16.0. The van der Waals surface area contributed by atoms with Gasteiger partial charge in [-0.2, -0.15) is 5.10 Å². The average molecular weight is 463 g/mol. The number of hydrogen-bond acceptors (Lipinski definition) is 6. The van der Waals surface area contributed by atoms with Crippen LogP contribution in [0.15, 0.2) is 77.0 Å². The van der Waals surface area contributed by atoms with E-state index in [0.29, 0.717) is 11.3 Å². The van der Waals surface area contributed by atoms with E-state index in [4.69, 9.17) is 4.74 Å². The molecule has 4 aromatic rings. The van der Waals surface area contributed by atoms with E-state index in [1.54, 1.807) is 12.3 Å². The van der Waals surface area contributed by atoms with Crippen molar-refractivity contribution in [1.29, 1.82) is 0 Å². The third-order valence-corrected chi connectivity index (χ3v) is 5.59. The summed E-state index contributed by atoms with van der Waals surface area (Å²) in [5, 5.41) is 8.72. The Labute approximate surface area is 192 Å². The first kappa shape index (κ1) is 22.1. The number of thiophene rings is 1. The van der Waals surface area contributed by atoms with Gasteiger partial charge >= 0.3 is 5.97 Å². The van der Waals surface area contributed by atoms with Gasteiger partial charge in [0, 0.05) is 23.2 Å². The molecule has 0 atom stereocenters. The molecule has 9 heteroatoms. The van der Waals surface area contributed by atoms with Crippen LogP contribution in [0.4, 0.5) is 9.39 Å². The Morgan fingerprint density at radius 1 is 1.09 bits per heavy atom. The number of esters is 1. The monoisotopic (exact) mass is 463 g/mol. The van der Waals surface area contributed by atoms with Crippen molar-refractivity contribution in [1.82, 2.24) is 9.78 Å². The number of halogens is 1. The second-order valence-corrected chi connectivity index (χ2v) is 7.72. The summed E-state index contributed by atoms with van der Waals surface area (Å²) >= 11 is 1.15. The molecule has 7 nitrogen and oxygen atoms in total. The molecule has 166 valence electrons. The second kappa shape index (κ2) is 9.58. The van der Waals surface area contributed by atoms with Gasteiger partial charge in [-0.05, 0) is 36.8 Å². The highest BCUT2D eigenvalue weighted by Crippen LogP contribution is 2.36. The molecular formula is C24H18FN3O4S. The third kappa shape index (κ3) is 4.73. The number of nitrogens with one attached hydrogen (secondary N) is 1. The molecule has 1 amide bonds. The van der Waals surface area contributed by atoms with Gasteiger partial charge in [0.05, 0.1) is 12.3 Å². The molecule has 33 heavy (non-hydrogen) atoms. The number of aromatic nitrogens is 2. The number of benzene rings is 2. The van der Waals surface area contributed by atoms with Crippen molar-refractivity contribution in [2.45, 2.75) is 6.92 Å². The van der Waals surface area contributed by atoms with Crippen LogP contribution >= 0.6 is 11.3 Å². The second-order valence-electron chi connectivity index (χ2n) is 6.84. The van der Waals surface area contributed by atoms with Crippen LogP contribution in [0, 0.1) is 5.82 Å². The maximum atomic E-state index is 13.2. The summed E-state index contributed by atoms with van der Waals surface area (Å²) in [5.41, 5.74) is 1.11. The van der Waals surface area contributed by atoms with Crippen LogP contribution in [0.2, 0.25) is 0 Å². The van der Waals surface area contributed by atoms with Crippen LogP contribution in [0.25, 0.3) is 16.8 Å². The van der Waals surface area contributed by atoms with Crippen molar-refractivity contribution in [3.8, 4) is 16.8 Å². The van der Waals surface area contributed by atoms with Crippen molar-refractivity contribution < 1.29 is 18.7 Å². The van der Waals surface area contributed by atoms with Gasteiger partial charge in [0.25, 0.3) is 5.91 Å². The molecule has 2 aromatic heterocycles. The fourth-order valence-electron chi connectivity index (χ4n) is 3.15. The van der Waals surface area contributed by atoms with E-state index >= 15 is 0 Å². The van der Waals surface area contributed by atoms with Gasteiger partial charge in [-0.15, -0.1) is 11.3 Å². The van der Waals surface area contributed by atoms with Crippen molar-refractivity contribution in [3.63, 3.8) is 0 Å². The van der Waals surface area contributed by atoms with Crippen LogP contribution in [0.5, 0.6) is 0 Å². The fourth-order valence-corrected chi connectivity index (χ4v) is 4.10. The van der Waals surface area contributed by atoms with E-state index in [9.17, 15) is 18.8 Å². The topological polar surface area (TPSA) is 90.3 Å². The Balaban J connectivity index is 1.70. The minimum Gasteiger partial charge on any atom is -0.462 e. The van der Waals surface area contributed by atoms with Gasteiger partial charge in [-0.25, -0.2) is 13.9 Å². The molecule has 1 N–H and O–H groups in total. The van der Waals surface area contributed by atoms with Crippen LogP contribution in [0.3, 0.4) is 0 Å². The van der Waals surface area contributed by atoms with E-state index in [-0.39, 0.29) is 22.9 Å². The Bertz CT molecular complexity index is 1360. The minimum absolute atomic E-state index is 0.166. The van der Waals surface area contributed by atoms with Crippen LogP contribution in [-0.2, 0) is 4.74 Å². The lowest BCUT2D eigenvalue weighted by molar-refractivity contribution is 0.0529. The standard InChI is InChI=1S/C24H18FN3O4S/c1-2-32-24(31)20-18(15-6-4-3-5-7-15)14-33-23(20)26-22(30)21-19(29)12-13-28(27-21)17-10-8-16(25)9-11-17/h3-14H,2H2,1H3,(H,26,30). The number of amides is 1. The molecule has 0 aliphatic carbocycles. The van der Waals surface area contributed by atoms with Gasteiger partial charge in [-0.1, -0.05) is 30.3 Å². The van der Waals surface area contributed by atoms with Gasteiger partial charge in [0.1, 0.15) is 16.4 Å². The van der Waals surface area contributed by atoms with Crippen molar-refractivity contribution >= 4 is 28.2 Å². The maximum Gasteiger partial charge on any atom is 0.341 e. The van der Waals surface area contributed by atoms with E-state index in [1.165, 1.54) is 41.2 Å². The predicted octanol–water partition coefficient (Wildman–Crippen LogP) is 4.53. The zero-order valence-electron chi connectivity index (χ0n) is 17.4. The summed E-state index contributed by atoms with van der Waals surface area (Å²) < 4.78 is 19.7. The SMILES string of the molecule is CCOC(=O)c1c(-c2ccccc2)csc1NC(=O)c1nn(-c2ccc(F)cc2)ccc1=O. The highest BCUT2D eigenvalue weighted by molar-refractivity contribution is 7.15. The smallest absolute Gasteiger partial charge is 0.341 e. The van der Waals surface area contributed by atoms with Gasteiger partial charge in [-0.3, -0.25) is 9.59 Å². The number of hydrogen-bond donors (Lipinski definition) is 1. The van der Waals surface area contributed by atoms with Gasteiger partial charge in [0.2, 0.25) is 5.43 Å². The number of carbonyl (C=O) groups excluding carboxylic acids is 2. The molecule has 0 saturated heterocycles. The first-order valence-electron chi connectivity index (χ1n) is 9.99. The van der Waals surface area contributed by atoms with Crippen molar-refractivity contribution in [3.05, 3.63) is 99.5 Å². The van der Waals surface area contributed by atoms with Crippen LogP contribution in [-0.4, -0.2) is 28.3 Å². The minimum atomic E-state index is -0.775. The maximum absolute atomic E-state index is 13.2. The lowest BCUT2D eigenvalue weighted by Gasteiger charge is -2.10. The molecule has 0 unspecified atom stereocenters. The molecule has 0 aliphatic rings. The number of nitrogens with zero attached hydrogens (tertiary/aromatic N) is 2. The zero-order valence-corrected chi connectivity index (χ0v) is 18.3. The lowest BCUT2D eigenvalue weighted by atomic mass is 10.0. The van der Waals surface area contributed by atoms with Crippen LogP contribution < -0.4 is 10.7 Å². The molecule has 0 fully saturated rings. The quantitative estimate of drug-likeness (QED) is 0.425. The highest BCUT2D eigenvalue weighted by atomic mass is 32.1. The van der Waals surface area contributed by atoms with Gasteiger partial charge < -0.3 is 10.1 Å². The lowest BCUT2D eigenvalue weighted by Crippen LogP contribution is -2.25. The number of carbonyl (C=O) groups is 2. The summed E-state index contributed by atoms with van der Waals surface area (Å²) in [6.45, 7) is 1.86. The molecule has 0 spiro atoms. The normalized spacial score (nSPS) is 10.6. The molecule has 2 aromatic carbocycles. The number of anilines is 1. The zero-order chi connectivity index (χ0) is 23.4. The summed E-state index contributed by atoms with van der Waals surface area (Å²) in [7, 11) is 0. The molecular weight excluding hydrogens is 445 g/mol. The Hall–Kier alpha value is -4.11. The highest BCUT2D eigenvalue weighted by Gasteiger charge is 2.24. The molecule has 4 rings (SSSR count). The molecule has 0 aliphatic heterocycles. The van der Waals surface area contributed by atoms with Crippen molar-refractivity contribution in [2.75, 3.05) is 11.9 Å². The molecule has 0 saturated carbocycles. The molecule has 2 heterocycles. The first-order valence-corrected chi connectivity index (χ1v) is 10.9. The van der Waals surface area contributed by atoms with E-state index in [0.717, 1.165) is 16.9 Å². The fraction of sp³-hybridized carbons (Fsp3) is 0.0833. The largest absolute Gasteiger partial charge is 0.462 e. The van der Waals surface area contributed by atoms with Gasteiger partial charge in [0.15, 0.2) is 5.69 Å². The van der Waals surface area contributed by atoms with E-state index < -0.39 is 23.1 Å². The summed E-state index contributed by atoms with van der Waals surface area (Å²) in [6, 6.07) is 15.9. The Morgan fingerprint density at radius 2 is 1.82 bits per heavy atom. The predicted molar refractivity (Wildman–Crippen MR) is 123 cm³/mol. The summed E-state index contributed by atoms with van der Waals surface area (Å²) in [5.74, 6) is -1.78. The summed E-state index contributed by atoms with van der Waals surface area (Å²) in [4.78, 5) is 38.0. The van der Waals surface area contributed by atoms with Crippen molar-refractivity contribution in [2.24, 2.45) is 0 Å². The average Bonchev–Trinajstić information content (AvgIpc) is 3.24. The summed E-state index contributed by atoms with van der Waals surface area (Å²) in [6.07, 6.45) is 1.38. The Morgan fingerprint density at radius 3 is 2.52 bits per heavy atom.